The number of nitrogens with zero attached hydrogens (tertiary/aromatic N) is 1. The molecule has 0 bridgehead atoms. The molecule has 5 nitrogen and oxygen atoms in total. The van der Waals surface area contributed by atoms with E-state index in [9.17, 15) is 4.79 Å². The van der Waals surface area contributed by atoms with Gasteiger partial charge >= 0.3 is 5.97 Å². The van der Waals surface area contributed by atoms with Crippen LogP contribution in [-0.4, -0.2) is 23.2 Å². The van der Waals surface area contributed by atoms with Crippen molar-refractivity contribution in [2.75, 3.05) is 12.4 Å². The number of hydrogen-bond acceptors (Lipinski definition) is 4. The number of methoxy groups -OCH3 is 1. The summed E-state index contributed by atoms with van der Waals surface area (Å²) >= 11 is 3.41. The third-order valence-corrected chi connectivity index (χ3v) is 3.27. The number of nitrogens with one attached hydrogen (secondary N) is 1. The lowest BCUT2D eigenvalue weighted by molar-refractivity contribution is 0.0690. The van der Waals surface area contributed by atoms with E-state index in [1.165, 1.54) is 6.07 Å². The van der Waals surface area contributed by atoms with Crippen LogP contribution in [0.4, 0.5) is 5.69 Å². The molecule has 104 valence electrons. The van der Waals surface area contributed by atoms with Gasteiger partial charge in [0.25, 0.3) is 0 Å². The van der Waals surface area contributed by atoms with E-state index in [0.29, 0.717) is 12.2 Å². The second-order valence-corrected chi connectivity index (χ2v) is 4.88. The summed E-state index contributed by atoms with van der Waals surface area (Å²) in [4.78, 5) is 14.9. The van der Waals surface area contributed by atoms with Crippen molar-refractivity contribution in [1.29, 1.82) is 0 Å². The molecule has 0 saturated carbocycles. The standard InChI is InChI=1S/C14H13BrN2O3/c1-20-13-6-5-9(7-11(13)15)16-8-10-3-2-4-12(17-10)14(18)19/h2-7,16H,8H2,1H3,(H,18,19). The number of hydrogen-bond donors (Lipinski definition) is 2. The third-order valence-electron chi connectivity index (χ3n) is 2.65. The normalized spacial score (nSPS) is 10.1. The van der Waals surface area contributed by atoms with E-state index in [1.807, 2.05) is 18.2 Å². The Kier molecular flexibility index (Phi) is 4.57. The molecule has 6 heteroatoms. The summed E-state index contributed by atoms with van der Waals surface area (Å²) in [5, 5.41) is 12.1. The van der Waals surface area contributed by atoms with Crippen molar-refractivity contribution in [1.82, 2.24) is 4.98 Å². The molecule has 1 heterocycles. The fraction of sp³-hybridized carbons (Fsp3) is 0.143. The third kappa shape index (κ3) is 3.48. The first-order valence-electron chi connectivity index (χ1n) is 5.87. The van der Waals surface area contributed by atoms with Crippen molar-refractivity contribution in [3.8, 4) is 5.75 Å². The van der Waals surface area contributed by atoms with Gasteiger partial charge in [-0.1, -0.05) is 6.07 Å². The lowest BCUT2D eigenvalue weighted by Gasteiger charge is -2.09. The van der Waals surface area contributed by atoms with Crippen molar-refractivity contribution in [2.45, 2.75) is 6.54 Å². The Morgan fingerprint density at radius 3 is 2.85 bits per heavy atom. The van der Waals surface area contributed by atoms with Crippen LogP contribution in [0.3, 0.4) is 0 Å². The van der Waals surface area contributed by atoms with E-state index in [4.69, 9.17) is 9.84 Å². The van der Waals surface area contributed by atoms with Crippen LogP contribution in [0.15, 0.2) is 40.9 Å². The molecule has 0 amide bonds. The molecule has 2 aromatic rings. The number of aromatic carboxylic acids is 1. The molecule has 0 fully saturated rings. The Labute approximate surface area is 124 Å². The molecule has 2 N–H and O–H groups in total. The van der Waals surface area contributed by atoms with Crippen molar-refractivity contribution in [2.24, 2.45) is 0 Å². The monoisotopic (exact) mass is 336 g/mol. The van der Waals surface area contributed by atoms with Crippen LogP contribution in [0, 0.1) is 0 Å². The summed E-state index contributed by atoms with van der Waals surface area (Å²) in [7, 11) is 1.61. The molecule has 1 aromatic carbocycles. The average Bonchev–Trinajstić information content (AvgIpc) is 2.45. The van der Waals surface area contributed by atoms with Crippen molar-refractivity contribution in [3.05, 3.63) is 52.3 Å². The zero-order valence-corrected chi connectivity index (χ0v) is 12.3. The number of ether oxygens (including phenoxy) is 1. The van der Waals surface area contributed by atoms with E-state index < -0.39 is 5.97 Å². The molecule has 0 aliphatic carbocycles. The van der Waals surface area contributed by atoms with Gasteiger partial charge in [-0.05, 0) is 46.3 Å². The lowest BCUT2D eigenvalue weighted by Crippen LogP contribution is -2.06. The zero-order valence-electron chi connectivity index (χ0n) is 10.8. The molecule has 0 unspecified atom stereocenters. The molecular weight excluding hydrogens is 324 g/mol. The predicted octanol–water partition coefficient (Wildman–Crippen LogP) is 3.16. The minimum absolute atomic E-state index is 0.0419. The van der Waals surface area contributed by atoms with E-state index in [1.54, 1.807) is 19.2 Å². The highest BCUT2D eigenvalue weighted by Crippen LogP contribution is 2.27. The van der Waals surface area contributed by atoms with Crippen molar-refractivity contribution >= 4 is 27.6 Å². The van der Waals surface area contributed by atoms with E-state index in [2.05, 4.69) is 26.2 Å². The highest BCUT2D eigenvalue weighted by molar-refractivity contribution is 9.10. The van der Waals surface area contributed by atoms with Crippen LogP contribution >= 0.6 is 15.9 Å². The number of rotatable bonds is 5. The molecule has 0 aliphatic heterocycles. The average molecular weight is 337 g/mol. The Hall–Kier alpha value is -2.08. The van der Waals surface area contributed by atoms with E-state index >= 15 is 0 Å². The fourth-order valence-electron chi connectivity index (χ4n) is 1.67. The van der Waals surface area contributed by atoms with Gasteiger partial charge < -0.3 is 15.2 Å². The van der Waals surface area contributed by atoms with Gasteiger partial charge in [0.1, 0.15) is 11.4 Å². The summed E-state index contributed by atoms with van der Waals surface area (Å²) in [5.41, 5.74) is 1.59. The van der Waals surface area contributed by atoms with Crippen molar-refractivity contribution in [3.63, 3.8) is 0 Å². The minimum Gasteiger partial charge on any atom is -0.496 e. The number of benzene rings is 1. The zero-order chi connectivity index (χ0) is 14.5. The largest absolute Gasteiger partial charge is 0.496 e. The quantitative estimate of drug-likeness (QED) is 0.877. The first-order chi connectivity index (χ1) is 9.60. The summed E-state index contributed by atoms with van der Waals surface area (Å²) in [6, 6.07) is 10.5. The van der Waals surface area contributed by atoms with Gasteiger partial charge in [0, 0.05) is 5.69 Å². The first kappa shape index (κ1) is 14.3. The summed E-state index contributed by atoms with van der Waals surface area (Å²) in [6.07, 6.45) is 0. The second-order valence-electron chi connectivity index (χ2n) is 4.02. The van der Waals surface area contributed by atoms with Gasteiger partial charge in [0.05, 0.1) is 23.8 Å². The second kappa shape index (κ2) is 6.38. The summed E-state index contributed by atoms with van der Waals surface area (Å²) in [5.74, 6) is -0.277. The van der Waals surface area contributed by atoms with Gasteiger partial charge in [-0.3, -0.25) is 0 Å². The Morgan fingerprint density at radius 2 is 2.20 bits per heavy atom. The number of halogens is 1. The van der Waals surface area contributed by atoms with Crippen molar-refractivity contribution < 1.29 is 14.6 Å². The highest BCUT2D eigenvalue weighted by Gasteiger charge is 2.05. The number of aromatic nitrogens is 1. The lowest BCUT2D eigenvalue weighted by atomic mass is 10.2. The van der Waals surface area contributed by atoms with Crippen LogP contribution in [0.25, 0.3) is 0 Å². The maximum Gasteiger partial charge on any atom is 0.354 e. The number of carboxylic acid groups (broad SMARTS) is 1. The number of carbonyl (C=O) groups is 1. The number of carboxylic acids is 1. The van der Waals surface area contributed by atoms with Crippen LogP contribution in [0.1, 0.15) is 16.2 Å². The molecule has 0 radical (unpaired) electrons. The number of anilines is 1. The molecule has 0 aliphatic rings. The van der Waals surface area contributed by atoms with Crippen LogP contribution < -0.4 is 10.1 Å². The smallest absolute Gasteiger partial charge is 0.354 e. The molecule has 1 aromatic heterocycles. The van der Waals surface area contributed by atoms with Gasteiger partial charge in [-0.15, -0.1) is 0 Å². The molecule has 0 atom stereocenters. The molecule has 0 saturated heterocycles. The maximum atomic E-state index is 10.8. The van der Waals surface area contributed by atoms with Gasteiger partial charge in [0.15, 0.2) is 0 Å². The summed E-state index contributed by atoms with van der Waals surface area (Å²) in [6.45, 7) is 0.444. The molecular formula is C14H13BrN2O3. The Morgan fingerprint density at radius 1 is 1.40 bits per heavy atom. The van der Waals surface area contributed by atoms with Gasteiger partial charge in [-0.2, -0.15) is 0 Å². The fourth-order valence-corrected chi connectivity index (χ4v) is 2.21. The molecule has 0 spiro atoms. The minimum atomic E-state index is -1.03. The Balaban J connectivity index is 2.07. The van der Waals surface area contributed by atoms with Crippen LogP contribution in [0.5, 0.6) is 5.75 Å². The summed E-state index contributed by atoms with van der Waals surface area (Å²) < 4.78 is 6.00. The molecule has 2 rings (SSSR count). The van der Waals surface area contributed by atoms with Gasteiger partial charge in [0.2, 0.25) is 0 Å². The van der Waals surface area contributed by atoms with Crippen LogP contribution in [0.2, 0.25) is 0 Å². The van der Waals surface area contributed by atoms with Crippen LogP contribution in [-0.2, 0) is 6.54 Å². The Bertz CT molecular complexity index is 632. The van der Waals surface area contributed by atoms with Gasteiger partial charge in [-0.25, -0.2) is 9.78 Å². The van der Waals surface area contributed by atoms with E-state index in [0.717, 1.165) is 15.9 Å². The maximum absolute atomic E-state index is 10.8. The SMILES string of the molecule is COc1ccc(NCc2cccc(C(=O)O)n2)cc1Br. The topological polar surface area (TPSA) is 71.5 Å². The van der Waals surface area contributed by atoms with E-state index in [-0.39, 0.29) is 5.69 Å². The predicted molar refractivity (Wildman–Crippen MR) is 79.2 cm³/mol. The molecule has 20 heavy (non-hydrogen) atoms. The number of pyridine rings is 1. The highest BCUT2D eigenvalue weighted by atomic mass is 79.9. The first-order valence-corrected chi connectivity index (χ1v) is 6.66.